The molecule has 0 unspecified atom stereocenters. The summed E-state index contributed by atoms with van der Waals surface area (Å²) >= 11 is 0. The van der Waals surface area contributed by atoms with Crippen LogP contribution in [0.3, 0.4) is 0 Å². The molecule has 1 aromatic carbocycles. The lowest BCUT2D eigenvalue weighted by Gasteiger charge is -2.20. The van der Waals surface area contributed by atoms with E-state index in [1.165, 1.54) is 28.6 Å². The fourth-order valence-corrected chi connectivity index (χ4v) is 5.41. The average Bonchev–Trinajstić information content (AvgIpc) is 2.80. The van der Waals surface area contributed by atoms with E-state index in [0.29, 0.717) is 30.0 Å². The fraction of sp³-hybridized carbons (Fsp3) is 0.421. The Balaban J connectivity index is 1.89. The van der Waals surface area contributed by atoms with Crippen LogP contribution in [0.4, 0.5) is 10.1 Å². The summed E-state index contributed by atoms with van der Waals surface area (Å²) in [5.74, 6) is -0.856. The van der Waals surface area contributed by atoms with E-state index in [2.05, 4.69) is 10.3 Å². The second kappa shape index (κ2) is 7.82. The van der Waals surface area contributed by atoms with Crippen LogP contribution in [0, 0.1) is 19.7 Å². The number of hydrogen-bond donors (Lipinski definition) is 2. The Kier molecular flexibility index (Phi) is 5.67. The standard InChI is InChI=1S/C19H24FN3O3S/c1-13-17(19(24)22-16-9-7-15(20)8-10-16)21-14(2)18(13)27(25,26)23-11-5-3-4-6-12-23/h7-10,21H,3-6,11-12H2,1-2H3,(H,22,24). The third-order valence-corrected chi connectivity index (χ3v) is 7.03. The van der Waals surface area contributed by atoms with Crippen LogP contribution in [0.5, 0.6) is 0 Å². The third kappa shape index (κ3) is 4.06. The van der Waals surface area contributed by atoms with Crippen molar-refractivity contribution in [3.8, 4) is 0 Å². The molecule has 0 spiro atoms. The molecular weight excluding hydrogens is 369 g/mol. The molecule has 27 heavy (non-hydrogen) atoms. The van der Waals surface area contributed by atoms with Crippen LogP contribution in [0.1, 0.15) is 47.4 Å². The number of aromatic amines is 1. The summed E-state index contributed by atoms with van der Waals surface area (Å²) in [5.41, 5.74) is 1.48. The molecule has 1 aromatic heterocycles. The first-order valence-electron chi connectivity index (χ1n) is 9.07. The highest BCUT2D eigenvalue weighted by Crippen LogP contribution is 2.28. The van der Waals surface area contributed by atoms with E-state index in [0.717, 1.165) is 25.7 Å². The number of carbonyl (C=O) groups excluding carboxylic acids is 1. The van der Waals surface area contributed by atoms with E-state index >= 15 is 0 Å². The molecule has 8 heteroatoms. The number of H-pyrrole nitrogens is 1. The van der Waals surface area contributed by atoms with Crippen molar-refractivity contribution in [3.63, 3.8) is 0 Å². The monoisotopic (exact) mass is 393 g/mol. The lowest BCUT2D eigenvalue weighted by molar-refractivity contribution is 0.102. The molecule has 1 amide bonds. The number of carbonyl (C=O) groups is 1. The predicted octanol–water partition coefficient (Wildman–Crippen LogP) is 3.59. The van der Waals surface area contributed by atoms with E-state index in [1.807, 2.05) is 0 Å². The van der Waals surface area contributed by atoms with Crippen LogP contribution < -0.4 is 5.32 Å². The first-order valence-corrected chi connectivity index (χ1v) is 10.5. The van der Waals surface area contributed by atoms with Crippen LogP contribution >= 0.6 is 0 Å². The molecule has 1 saturated heterocycles. The second-order valence-electron chi connectivity index (χ2n) is 6.86. The Labute approximate surface area is 158 Å². The second-order valence-corrected chi connectivity index (χ2v) is 8.73. The molecule has 1 aliphatic rings. The molecule has 0 radical (unpaired) electrons. The Morgan fingerprint density at radius 1 is 1.07 bits per heavy atom. The number of nitrogens with one attached hydrogen (secondary N) is 2. The molecule has 146 valence electrons. The number of aryl methyl sites for hydroxylation is 1. The van der Waals surface area contributed by atoms with Gasteiger partial charge in [-0.1, -0.05) is 12.8 Å². The highest BCUT2D eigenvalue weighted by molar-refractivity contribution is 7.89. The number of halogens is 1. The number of nitrogens with zero attached hydrogens (tertiary/aromatic N) is 1. The summed E-state index contributed by atoms with van der Waals surface area (Å²) < 4.78 is 40.8. The molecule has 3 rings (SSSR count). The van der Waals surface area contributed by atoms with Gasteiger partial charge >= 0.3 is 0 Å². The minimum absolute atomic E-state index is 0.175. The number of rotatable bonds is 4. The largest absolute Gasteiger partial charge is 0.353 e. The highest BCUT2D eigenvalue weighted by Gasteiger charge is 2.32. The van der Waals surface area contributed by atoms with Crippen molar-refractivity contribution in [1.29, 1.82) is 0 Å². The molecule has 1 fully saturated rings. The molecule has 2 N–H and O–H groups in total. The van der Waals surface area contributed by atoms with Crippen molar-refractivity contribution >= 4 is 21.6 Å². The zero-order valence-electron chi connectivity index (χ0n) is 15.5. The van der Waals surface area contributed by atoms with Crippen LogP contribution in [-0.4, -0.2) is 36.7 Å². The van der Waals surface area contributed by atoms with E-state index in [9.17, 15) is 17.6 Å². The molecule has 0 bridgehead atoms. The van der Waals surface area contributed by atoms with Gasteiger partial charge in [0.05, 0.1) is 0 Å². The topological polar surface area (TPSA) is 82.3 Å². The van der Waals surface area contributed by atoms with Gasteiger partial charge in [0, 0.05) is 24.5 Å². The molecule has 1 aliphatic heterocycles. The van der Waals surface area contributed by atoms with Crippen molar-refractivity contribution < 1.29 is 17.6 Å². The molecular formula is C19H24FN3O3S. The highest BCUT2D eigenvalue weighted by atomic mass is 32.2. The van der Waals surface area contributed by atoms with Crippen LogP contribution in [0.2, 0.25) is 0 Å². The quantitative estimate of drug-likeness (QED) is 0.833. The molecule has 2 aromatic rings. The van der Waals surface area contributed by atoms with Crippen LogP contribution in [0.25, 0.3) is 0 Å². The van der Waals surface area contributed by atoms with E-state index in [-0.39, 0.29) is 10.6 Å². The van der Waals surface area contributed by atoms with Crippen molar-refractivity contribution in [2.75, 3.05) is 18.4 Å². The van der Waals surface area contributed by atoms with E-state index in [1.54, 1.807) is 13.8 Å². The smallest absolute Gasteiger partial charge is 0.272 e. The number of hydrogen-bond acceptors (Lipinski definition) is 3. The maximum Gasteiger partial charge on any atom is 0.272 e. The van der Waals surface area contributed by atoms with Crippen molar-refractivity contribution in [2.45, 2.75) is 44.4 Å². The Bertz CT molecular complexity index is 928. The fourth-order valence-electron chi connectivity index (χ4n) is 3.48. The van der Waals surface area contributed by atoms with Crippen LogP contribution in [0.15, 0.2) is 29.2 Å². The van der Waals surface area contributed by atoms with Crippen molar-refractivity contribution in [2.24, 2.45) is 0 Å². The van der Waals surface area contributed by atoms with Gasteiger partial charge in [0.1, 0.15) is 16.4 Å². The Hall–Kier alpha value is -2.19. The summed E-state index contributed by atoms with van der Waals surface area (Å²) in [5, 5.41) is 2.66. The van der Waals surface area contributed by atoms with Gasteiger partial charge in [-0.2, -0.15) is 4.31 Å². The maximum absolute atomic E-state index is 13.1. The van der Waals surface area contributed by atoms with Gasteiger partial charge in [0.15, 0.2) is 0 Å². The minimum Gasteiger partial charge on any atom is -0.353 e. The van der Waals surface area contributed by atoms with E-state index in [4.69, 9.17) is 0 Å². The number of anilines is 1. The summed E-state index contributed by atoms with van der Waals surface area (Å²) in [6.07, 6.45) is 3.75. The van der Waals surface area contributed by atoms with Crippen molar-refractivity contribution in [1.82, 2.24) is 9.29 Å². The van der Waals surface area contributed by atoms with Gasteiger partial charge in [-0.25, -0.2) is 12.8 Å². The Morgan fingerprint density at radius 2 is 1.67 bits per heavy atom. The summed E-state index contributed by atoms with van der Waals surface area (Å²) in [7, 11) is -3.67. The zero-order chi connectivity index (χ0) is 19.6. The molecule has 6 nitrogen and oxygen atoms in total. The lowest BCUT2D eigenvalue weighted by Crippen LogP contribution is -2.32. The maximum atomic E-state index is 13.1. The molecule has 0 aliphatic carbocycles. The number of aromatic nitrogens is 1. The van der Waals surface area contributed by atoms with Crippen molar-refractivity contribution in [3.05, 3.63) is 47.0 Å². The lowest BCUT2D eigenvalue weighted by atomic mass is 10.2. The normalized spacial score (nSPS) is 16.1. The van der Waals surface area contributed by atoms with Gasteiger partial charge in [-0.3, -0.25) is 4.79 Å². The SMILES string of the molecule is Cc1[nH]c(C(=O)Nc2ccc(F)cc2)c(C)c1S(=O)(=O)N1CCCCCC1. The van der Waals surface area contributed by atoms with Gasteiger partial charge in [0.25, 0.3) is 5.91 Å². The molecule has 2 heterocycles. The third-order valence-electron chi connectivity index (χ3n) is 4.86. The number of sulfonamides is 1. The number of benzene rings is 1. The molecule has 0 atom stereocenters. The number of amides is 1. The van der Waals surface area contributed by atoms with Crippen LogP contribution in [-0.2, 0) is 10.0 Å². The van der Waals surface area contributed by atoms with Gasteiger partial charge in [-0.15, -0.1) is 0 Å². The first kappa shape index (κ1) is 19.6. The summed E-state index contributed by atoms with van der Waals surface area (Å²) in [4.78, 5) is 15.7. The predicted molar refractivity (Wildman–Crippen MR) is 102 cm³/mol. The Morgan fingerprint density at radius 3 is 2.26 bits per heavy atom. The van der Waals surface area contributed by atoms with Gasteiger partial charge < -0.3 is 10.3 Å². The first-order chi connectivity index (χ1) is 12.8. The van der Waals surface area contributed by atoms with E-state index < -0.39 is 21.7 Å². The summed E-state index contributed by atoms with van der Waals surface area (Å²) in [6, 6.07) is 5.40. The molecule has 0 saturated carbocycles. The average molecular weight is 393 g/mol. The summed E-state index contributed by atoms with van der Waals surface area (Å²) in [6.45, 7) is 4.30. The minimum atomic E-state index is -3.67. The zero-order valence-corrected chi connectivity index (χ0v) is 16.3. The van der Waals surface area contributed by atoms with Gasteiger partial charge in [-0.05, 0) is 56.5 Å². The van der Waals surface area contributed by atoms with Gasteiger partial charge in [0.2, 0.25) is 10.0 Å².